The molecule has 0 radical (unpaired) electrons. The van der Waals surface area contributed by atoms with Gasteiger partial charge < -0.3 is 11.1 Å². The van der Waals surface area contributed by atoms with Crippen molar-refractivity contribution in [2.45, 2.75) is 0 Å². The zero-order valence-electron chi connectivity index (χ0n) is 9.02. The standard InChI is InChI=1S/C11H8Cl2N4O/c12-9-4-7(1-2-15-9)17-11(18)8-3-6(14)5-16-10(8)13/h1-5H,14H2,(H,15,17,18). The number of carbonyl (C=O) groups is 1. The lowest BCUT2D eigenvalue weighted by Gasteiger charge is -2.06. The average Bonchev–Trinajstić information content (AvgIpc) is 2.32. The fourth-order valence-electron chi connectivity index (χ4n) is 1.30. The van der Waals surface area contributed by atoms with Crippen LogP contribution in [-0.2, 0) is 0 Å². The number of nitrogen functional groups attached to an aromatic ring is 1. The second-order valence-corrected chi connectivity index (χ2v) is 4.17. The van der Waals surface area contributed by atoms with Crippen LogP contribution in [-0.4, -0.2) is 15.9 Å². The van der Waals surface area contributed by atoms with Crippen LogP contribution in [0.1, 0.15) is 10.4 Å². The first-order chi connectivity index (χ1) is 8.56. The lowest BCUT2D eigenvalue weighted by Crippen LogP contribution is -2.13. The smallest absolute Gasteiger partial charge is 0.258 e. The molecule has 18 heavy (non-hydrogen) atoms. The number of halogens is 2. The van der Waals surface area contributed by atoms with Crippen LogP contribution in [0.15, 0.2) is 30.6 Å². The Balaban J connectivity index is 2.24. The second kappa shape index (κ2) is 5.20. The third kappa shape index (κ3) is 2.88. The summed E-state index contributed by atoms with van der Waals surface area (Å²) < 4.78 is 0. The largest absolute Gasteiger partial charge is 0.397 e. The Morgan fingerprint density at radius 2 is 2.06 bits per heavy atom. The Morgan fingerprint density at radius 3 is 2.78 bits per heavy atom. The Hall–Kier alpha value is -1.85. The number of amides is 1. The molecule has 2 aromatic rings. The number of aromatic nitrogens is 2. The molecule has 7 heteroatoms. The quantitative estimate of drug-likeness (QED) is 0.830. The molecular weight excluding hydrogens is 275 g/mol. The number of nitrogens with zero attached hydrogens (tertiary/aromatic N) is 2. The highest BCUT2D eigenvalue weighted by atomic mass is 35.5. The SMILES string of the molecule is Nc1cnc(Cl)c(C(=O)Nc2ccnc(Cl)c2)c1. The van der Waals surface area contributed by atoms with E-state index in [0.29, 0.717) is 11.4 Å². The van der Waals surface area contributed by atoms with Crippen molar-refractivity contribution in [3.8, 4) is 0 Å². The van der Waals surface area contributed by atoms with E-state index in [0.717, 1.165) is 0 Å². The summed E-state index contributed by atoms with van der Waals surface area (Å²) in [7, 11) is 0. The average molecular weight is 283 g/mol. The summed E-state index contributed by atoms with van der Waals surface area (Å²) in [4.78, 5) is 19.6. The van der Waals surface area contributed by atoms with Gasteiger partial charge in [-0.3, -0.25) is 4.79 Å². The van der Waals surface area contributed by atoms with E-state index in [-0.39, 0.29) is 15.9 Å². The monoisotopic (exact) mass is 282 g/mol. The number of pyridine rings is 2. The van der Waals surface area contributed by atoms with E-state index in [9.17, 15) is 4.79 Å². The molecule has 0 aromatic carbocycles. The molecular formula is C11H8Cl2N4O. The highest BCUT2D eigenvalue weighted by molar-refractivity contribution is 6.33. The predicted molar refractivity (Wildman–Crippen MR) is 70.9 cm³/mol. The van der Waals surface area contributed by atoms with Crippen LogP contribution in [0.3, 0.4) is 0 Å². The van der Waals surface area contributed by atoms with Gasteiger partial charge in [-0.2, -0.15) is 0 Å². The van der Waals surface area contributed by atoms with E-state index >= 15 is 0 Å². The van der Waals surface area contributed by atoms with Gasteiger partial charge in [0.15, 0.2) is 0 Å². The third-order valence-electron chi connectivity index (χ3n) is 2.09. The van der Waals surface area contributed by atoms with Crippen molar-refractivity contribution in [1.29, 1.82) is 0 Å². The van der Waals surface area contributed by atoms with Gasteiger partial charge in [0.25, 0.3) is 5.91 Å². The van der Waals surface area contributed by atoms with E-state index in [4.69, 9.17) is 28.9 Å². The molecule has 92 valence electrons. The number of anilines is 2. The maximum absolute atomic E-state index is 11.9. The summed E-state index contributed by atoms with van der Waals surface area (Å²) in [6.45, 7) is 0. The first kappa shape index (κ1) is 12.6. The van der Waals surface area contributed by atoms with Crippen LogP contribution in [0.2, 0.25) is 10.3 Å². The number of hydrogen-bond donors (Lipinski definition) is 2. The molecule has 0 bridgehead atoms. The predicted octanol–water partition coefficient (Wildman–Crippen LogP) is 2.62. The molecule has 0 atom stereocenters. The molecule has 1 amide bonds. The minimum Gasteiger partial charge on any atom is -0.397 e. The molecule has 0 aliphatic heterocycles. The van der Waals surface area contributed by atoms with Crippen molar-refractivity contribution < 1.29 is 4.79 Å². The number of nitrogens with one attached hydrogen (secondary N) is 1. The van der Waals surface area contributed by atoms with Gasteiger partial charge >= 0.3 is 0 Å². The van der Waals surface area contributed by atoms with Gasteiger partial charge in [-0.25, -0.2) is 9.97 Å². The van der Waals surface area contributed by atoms with Crippen molar-refractivity contribution >= 4 is 40.5 Å². The number of carbonyl (C=O) groups excluding carboxylic acids is 1. The Labute approximate surface area is 113 Å². The molecule has 2 rings (SSSR count). The summed E-state index contributed by atoms with van der Waals surface area (Å²) in [5.74, 6) is -0.415. The topological polar surface area (TPSA) is 80.9 Å². The molecule has 0 spiro atoms. The molecule has 2 heterocycles. The van der Waals surface area contributed by atoms with E-state index in [1.54, 1.807) is 6.07 Å². The minimum absolute atomic E-state index is 0.0850. The van der Waals surface area contributed by atoms with Crippen LogP contribution in [0.5, 0.6) is 0 Å². The van der Waals surface area contributed by atoms with Crippen LogP contribution in [0.25, 0.3) is 0 Å². The molecule has 0 aliphatic rings. The summed E-state index contributed by atoms with van der Waals surface area (Å²) in [5, 5.41) is 2.99. The van der Waals surface area contributed by atoms with Gasteiger partial charge in [0, 0.05) is 11.9 Å². The molecule has 2 aromatic heterocycles. The van der Waals surface area contributed by atoms with Gasteiger partial charge in [0.1, 0.15) is 10.3 Å². The van der Waals surface area contributed by atoms with Crippen molar-refractivity contribution in [3.63, 3.8) is 0 Å². The fourth-order valence-corrected chi connectivity index (χ4v) is 1.67. The van der Waals surface area contributed by atoms with Gasteiger partial charge in [0.05, 0.1) is 17.4 Å². The van der Waals surface area contributed by atoms with E-state index in [2.05, 4.69) is 15.3 Å². The molecule has 0 fully saturated rings. The normalized spacial score (nSPS) is 10.1. The third-order valence-corrected chi connectivity index (χ3v) is 2.60. The van der Waals surface area contributed by atoms with Crippen molar-refractivity contribution in [2.24, 2.45) is 0 Å². The molecule has 3 N–H and O–H groups in total. The van der Waals surface area contributed by atoms with Crippen LogP contribution < -0.4 is 11.1 Å². The number of hydrogen-bond acceptors (Lipinski definition) is 4. The molecule has 0 saturated heterocycles. The Morgan fingerprint density at radius 1 is 1.28 bits per heavy atom. The minimum atomic E-state index is -0.415. The maximum atomic E-state index is 11.9. The van der Waals surface area contributed by atoms with E-state index in [1.807, 2.05) is 0 Å². The molecule has 5 nitrogen and oxygen atoms in total. The van der Waals surface area contributed by atoms with E-state index in [1.165, 1.54) is 24.5 Å². The summed E-state index contributed by atoms with van der Waals surface area (Å²) in [6.07, 6.45) is 2.86. The van der Waals surface area contributed by atoms with Crippen molar-refractivity contribution in [3.05, 3.63) is 46.5 Å². The molecule has 0 aliphatic carbocycles. The summed E-state index contributed by atoms with van der Waals surface area (Å²) >= 11 is 11.5. The summed E-state index contributed by atoms with van der Waals surface area (Å²) in [6, 6.07) is 4.58. The molecule has 0 saturated carbocycles. The first-order valence-corrected chi connectivity index (χ1v) is 5.66. The Kier molecular flexibility index (Phi) is 3.64. The van der Waals surface area contributed by atoms with Crippen molar-refractivity contribution in [1.82, 2.24) is 9.97 Å². The van der Waals surface area contributed by atoms with Gasteiger partial charge in [0.2, 0.25) is 0 Å². The summed E-state index contributed by atoms with van der Waals surface area (Å²) in [5.41, 5.74) is 6.62. The Bertz CT molecular complexity index is 603. The van der Waals surface area contributed by atoms with Crippen LogP contribution in [0.4, 0.5) is 11.4 Å². The van der Waals surface area contributed by atoms with Crippen molar-refractivity contribution in [2.75, 3.05) is 11.1 Å². The zero-order chi connectivity index (χ0) is 13.1. The lowest BCUT2D eigenvalue weighted by atomic mass is 10.2. The number of rotatable bonds is 2. The van der Waals surface area contributed by atoms with E-state index < -0.39 is 5.91 Å². The first-order valence-electron chi connectivity index (χ1n) is 4.90. The number of nitrogens with two attached hydrogens (primary N) is 1. The lowest BCUT2D eigenvalue weighted by molar-refractivity contribution is 0.102. The van der Waals surface area contributed by atoms with Crippen LogP contribution >= 0.6 is 23.2 Å². The maximum Gasteiger partial charge on any atom is 0.258 e. The van der Waals surface area contributed by atoms with Crippen LogP contribution in [0, 0.1) is 0 Å². The zero-order valence-corrected chi connectivity index (χ0v) is 10.5. The van der Waals surface area contributed by atoms with Gasteiger partial charge in [-0.05, 0) is 18.2 Å². The second-order valence-electron chi connectivity index (χ2n) is 3.43. The highest BCUT2D eigenvalue weighted by Gasteiger charge is 2.12. The molecule has 0 unspecified atom stereocenters. The highest BCUT2D eigenvalue weighted by Crippen LogP contribution is 2.18. The van der Waals surface area contributed by atoms with Gasteiger partial charge in [-0.15, -0.1) is 0 Å². The fraction of sp³-hybridized carbons (Fsp3) is 0. The van der Waals surface area contributed by atoms with Gasteiger partial charge in [-0.1, -0.05) is 23.2 Å².